The fraction of sp³-hybridized carbons (Fsp3) is 0.125. The van der Waals surface area contributed by atoms with Crippen LogP contribution in [0.2, 0.25) is 0 Å². The molecule has 2 N–H and O–H groups in total. The Labute approximate surface area is 151 Å². The molecule has 1 aromatic carbocycles. The van der Waals surface area contributed by atoms with E-state index >= 15 is 0 Å². The summed E-state index contributed by atoms with van der Waals surface area (Å²) in [4.78, 5) is 23.4. The summed E-state index contributed by atoms with van der Waals surface area (Å²) in [5.41, 5.74) is 0.563. The first-order valence-electron chi connectivity index (χ1n) is 7.42. The third kappa shape index (κ3) is 4.93. The first kappa shape index (κ1) is 17.7. The maximum atomic E-state index is 12.9. The first-order valence-corrected chi connectivity index (χ1v) is 8.41. The number of carbonyl (C=O) groups is 2. The zero-order chi connectivity index (χ0) is 18.4. The van der Waals surface area contributed by atoms with Crippen LogP contribution in [0.15, 0.2) is 56.7 Å². The number of hydrogen-bond acceptors (Lipinski definition) is 7. The summed E-state index contributed by atoms with van der Waals surface area (Å²) in [5, 5.41) is 12.5. The molecule has 3 amide bonds. The number of carbonyl (C=O) groups excluding carboxylic acids is 2. The number of furan rings is 1. The van der Waals surface area contributed by atoms with Crippen molar-refractivity contribution in [2.24, 2.45) is 0 Å². The van der Waals surface area contributed by atoms with Gasteiger partial charge in [-0.1, -0.05) is 11.8 Å². The van der Waals surface area contributed by atoms with Gasteiger partial charge < -0.3 is 14.2 Å². The molecule has 26 heavy (non-hydrogen) atoms. The highest BCUT2D eigenvalue weighted by Crippen LogP contribution is 2.23. The molecule has 0 aliphatic carbocycles. The zero-order valence-corrected chi connectivity index (χ0v) is 14.1. The van der Waals surface area contributed by atoms with Gasteiger partial charge in [-0.3, -0.25) is 10.1 Å². The minimum absolute atomic E-state index is 0.0841. The summed E-state index contributed by atoms with van der Waals surface area (Å²) in [5.74, 6) is -0.192. The van der Waals surface area contributed by atoms with Crippen molar-refractivity contribution < 1.29 is 22.8 Å². The molecule has 0 atom stereocenters. The van der Waals surface area contributed by atoms with Gasteiger partial charge in [-0.15, -0.1) is 10.2 Å². The van der Waals surface area contributed by atoms with Gasteiger partial charge in [0.25, 0.3) is 5.22 Å². The van der Waals surface area contributed by atoms with Gasteiger partial charge in [-0.05, 0) is 36.4 Å². The number of benzene rings is 1. The van der Waals surface area contributed by atoms with Gasteiger partial charge in [-0.2, -0.15) is 0 Å². The molecule has 0 bridgehead atoms. The summed E-state index contributed by atoms with van der Waals surface area (Å²) < 4.78 is 23.3. The van der Waals surface area contributed by atoms with Crippen molar-refractivity contribution in [2.75, 3.05) is 5.75 Å². The Balaban J connectivity index is 1.44. The van der Waals surface area contributed by atoms with Crippen LogP contribution in [0.1, 0.15) is 5.76 Å². The van der Waals surface area contributed by atoms with Gasteiger partial charge >= 0.3 is 6.03 Å². The number of urea groups is 1. The summed E-state index contributed by atoms with van der Waals surface area (Å²) in [6.45, 7) is 0.171. The molecular formula is C16H13FN4O4S. The second-order valence-corrected chi connectivity index (χ2v) is 5.91. The Morgan fingerprint density at radius 1 is 1.15 bits per heavy atom. The predicted molar refractivity (Wildman–Crippen MR) is 89.5 cm³/mol. The quantitative estimate of drug-likeness (QED) is 0.636. The number of imide groups is 1. The van der Waals surface area contributed by atoms with Gasteiger partial charge in [0.15, 0.2) is 0 Å². The molecule has 10 heteroatoms. The minimum atomic E-state index is -0.635. The zero-order valence-electron chi connectivity index (χ0n) is 13.3. The molecule has 0 saturated heterocycles. The van der Waals surface area contributed by atoms with E-state index in [1.165, 1.54) is 30.5 Å². The molecule has 134 valence electrons. The number of rotatable bonds is 6. The molecule has 2 heterocycles. The lowest BCUT2D eigenvalue weighted by Gasteiger charge is -2.04. The monoisotopic (exact) mass is 376 g/mol. The van der Waals surface area contributed by atoms with Crippen LogP contribution in [0.4, 0.5) is 9.18 Å². The van der Waals surface area contributed by atoms with E-state index in [9.17, 15) is 14.0 Å². The average molecular weight is 376 g/mol. The van der Waals surface area contributed by atoms with E-state index in [1.807, 2.05) is 0 Å². The number of hydrogen-bond donors (Lipinski definition) is 2. The summed E-state index contributed by atoms with van der Waals surface area (Å²) >= 11 is 0.980. The Morgan fingerprint density at radius 3 is 2.69 bits per heavy atom. The van der Waals surface area contributed by atoms with Gasteiger partial charge in [0.1, 0.15) is 11.6 Å². The van der Waals surface area contributed by atoms with Crippen molar-refractivity contribution in [1.29, 1.82) is 0 Å². The largest absolute Gasteiger partial charge is 0.467 e. The molecule has 0 aliphatic heterocycles. The van der Waals surface area contributed by atoms with E-state index in [0.717, 1.165) is 11.8 Å². The fourth-order valence-corrected chi connectivity index (χ4v) is 2.46. The predicted octanol–water partition coefficient (Wildman–Crippen LogP) is 2.59. The number of thioether (sulfide) groups is 1. The Bertz CT molecular complexity index is 880. The second-order valence-electron chi connectivity index (χ2n) is 4.98. The number of nitrogens with zero attached hydrogens (tertiary/aromatic N) is 2. The number of halogens is 1. The Kier molecular flexibility index (Phi) is 5.64. The number of amides is 3. The van der Waals surface area contributed by atoms with Crippen molar-refractivity contribution in [3.8, 4) is 11.5 Å². The highest BCUT2D eigenvalue weighted by molar-refractivity contribution is 7.99. The molecule has 0 spiro atoms. The third-order valence-electron chi connectivity index (χ3n) is 3.08. The summed E-state index contributed by atoms with van der Waals surface area (Å²) in [6.07, 6.45) is 1.49. The van der Waals surface area contributed by atoms with Crippen molar-refractivity contribution in [3.05, 3.63) is 54.2 Å². The van der Waals surface area contributed by atoms with Gasteiger partial charge in [0.2, 0.25) is 11.8 Å². The lowest BCUT2D eigenvalue weighted by atomic mass is 10.2. The Hall–Kier alpha value is -3.14. The van der Waals surface area contributed by atoms with E-state index in [0.29, 0.717) is 11.3 Å². The maximum Gasteiger partial charge on any atom is 0.321 e. The van der Waals surface area contributed by atoms with Gasteiger partial charge in [0.05, 0.1) is 18.6 Å². The highest BCUT2D eigenvalue weighted by Gasteiger charge is 2.13. The maximum absolute atomic E-state index is 12.9. The topological polar surface area (TPSA) is 110 Å². The van der Waals surface area contributed by atoms with E-state index in [2.05, 4.69) is 20.8 Å². The molecule has 0 unspecified atom stereocenters. The third-order valence-corrected chi connectivity index (χ3v) is 3.90. The molecule has 0 fully saturated rings. The number of aromatic nitrogens is 2. The van der Waals surface area contributed by atoms with E-state index in [-0.39, 0.29) is 29.2 Å². The van der Waals surface area contributed by atoms with Crippen molar-refractivity contribution in [1.82, 2.24) is 20.8 Å². The molecule has 0 radical (unpaired) electrons. The smallest absolute Gasteiger partial charge is 0.321 e. The van der Waals surface area contributed by atoms with Gasteiger partial charge in [0, 0.05) is 5.56 Å². The van der Waals surface area contributed by atoms with Crippen molar-refractivity contribution >= 4 is 23.7 Å². The summed E-state index contributed by atoms with van der Waals surface area (Å²) in [6, 6.07) is 8.33. The van der Waals surface area contributed by atoms with Crippen LogP contribution >= 0.6 is 11.8 Å². The van der Waals surface area contributed by atoms with Crippen LogP contribution in [-0.4, -0.2) is 27.9 Å². The summed E-state index contributed by atoms with van der Waals surface area (Å²) in [7, 11) is 0. The van der Waals surface area contributed by atoms with Crippen LogP contribution in [0.25, 0.3) is 11.5 Å². The Morgan fingerprint density at radius 2 is 1.96 bits per heavy atom. The molecule has 3 rings (SSSR count). The molecule has 3 aromatic rings. The van der Waals surface area contributed by atoms with Gasteiger partial charge in [-0.25, -0.2) is 9.18 Å². The fourth-order valence-electron chi connectivity index (χ4n) is 1.89. The second kappa shape index (κ2) is 8.30. The van der Waals surface area contributed by atoms with E-state index in [4.69, 9.17) is 8.83 Å². The SMILES string of the molecule is O=C(CSc1nnc(-c2ccc(F)cc2)o1)NC(=O)NCc1ccco1. The molecule has 0 saturated carbocycles. The van der Waals surface area contributed by atoms with Crippen LogP contribution < -0.4 is 10.6 Å². The average Bonchev–Trinajstić information content (AvgIpc) is 3.31. The number of nitrogens with one attached hydrogen (secondary N) is 2. The molecule has 2 aromatic heterocycles. The standard InChI is InChI=1S/C16H13FN4O4S/c17-11-5-3-10(4-6-11)14-20-21-16(25-14)26-9-13(22)19-15(23)18-8-12-2-1-7-24-12/h1-7H,8-9H2,(H2,18,19,22,23). The lowest BCUT2D eigenvalue weighted by Crippen LogP contribution is -2.39. The van der Waals surface area contributed by atoms with Crippen LogP contribution in [0, 0.1) is 5.82 Å². The normalized spacial score (nSPS) is 10.5. The minimum Gasteiger partial charge on any atom is -0.467 e. The molecule has 8 nitrogen and oxygen atoms in total. The van der Waals surface area contributed by atoms with Crippen LogP contribution in [-0.2, 0) is 11.3 Å². The van der Waals surface area contributed by atoms with E-state index < -0.39 is 11.9 Å². The first-order chi connectivity index (χ1) is 12.6. The van der Waals surface area contributed by atoms with Crippen LogP contribution in [0.5, 0.6) is 0 Å². The van der Waals surface area contributed by atoms with Crippen molar-refractivity contribution in [2.45, 2.75) is 11.8 Å². The van der Waals surface area contributed by atoms with Crippen molar-refractivity contribution in [3.63, 3.8) is 0 Å². The lowest BCUT2D eigenvalue weighted by molar-refractivity contribution is -0.117. The highest BCUT2D eigenvalue weighted by atomic mass is 32.2. The molecule has 0 aliphatic rings. The van der Waals surface area contributed by atoms with Crippen LogP contribution in [0.3, 0.4) is 0 Å². The van der Waals surface area contributed by atoms with E-state index in [1.54, 1.807) is 12.1 Å². The molecular weight excluding hydrogens is 363 g/mol.